The number of hydrogen-bond acceptors (Lipinski definition) is 9. The molecule has 0 spiro atoms. The number of phosphoric ester groups is 1. The summed E-state index contributed by atoms with van der Waals surface area (Å²) in [6.07, 6.45) is 37.5. The molecule has 55 heavy (non-hydrogen) atoms. The molecule has 10 nitrogen and oxygen atoms in total. The highest BCUT2D eigenvalue weighted by Crippen LogP contribution is 2.38. The summed E-state index contributed by atoms with van der Waals surface area (Å²) in [5.74, 6) is -0.927. The van der Waals surface area contributed by atoms with E-state index in [9.17, 15) is 24.2 Å². The van der Waals surface area contributed by atoms with Gasteiger partial charge in [-0.3, -0.25) is 14.2 Å². The zero-order chi connectivity index (χ0) is 40.9. The lowest BCUT2D eigenvalue weighted by Gasteiger charge is -2.28. The first-order chi connectivity index (χ1) is 26.4. The Kier molecular flexibility index (Phi) is 34.9. The number of likely N-dealkylation sites (N-methyl/N-ethyl adjacent to an activating group) is 1. The number of unbranched alkanes of at least 4 members (excludes halogenated alkanes) is 15. The first kappa shape index (κ1) is 52.9. The Morgan fingerprint density at radius 3 is 1.84 bits per heavy atom. The van der Waals surface area contributed by atoms with Gasteiger partial charge in [-0.15, -0.1) is 0 Å². The zero-order valence-electron chi connectivity index (χ0n) is 35.5. The Labute approximate surface area is 336 Å². The summed E-state index contributed by atoms with van der Waals surface area (Å²) in [7, 11) is 1.11. The predicted octanol–water partition coefficient (Wildman–Crippen LogP) is 10.2. The van der Waals surface area contributed by atoms with E-state index in [1.807, 2.05) is 57.6 Å². The average molecular weight is 798 g/mol. The third-order valence-corrected chi connectivity index (χ3v) is 9.92. The summed E-state index contributed by atoms with van der Waals surface area (Å²) in [4.78, 5) is 37.4. The third kappa shape index (κ3) is 39.9. The van der Waals surface area contributed by atoms with Crippen molar-refractivity contribution < 1.29 is 47.2 Å². The number of carbonyl (C=O) groups is 2. The lowest BCUT2D eigenvalue weighted by molar-refractivity contribution is -0.870. The Morgan fingerprint density at radius 2 is 1.22 bits per heavy atom. The minimum absolute atomic E-state index is 0.0472. The molecule has 0 heterocycles. The van der Waals surface area contributed by atoms with Gasteiger partial charge in [0.05, 0.1) is 33.9 Å². The molecule has 0 aromatic rings. The first-order valence-corrected chi connectivity index (χ1v) is 22.9. The van der Waals surface area contributed by atoms with Crippen molar-refractivity contribution in [2.45, 2.75) is 174 Å². The third-order valence-electron chi connectivity index (χ3n) is 8.96. The summed E-state index contributed by atoms with van der Waals surface area (Å²) in [5, 5.41) is 9.89. The van der Waals surface area contributed by atoms with Gasteiger partial charge in [0.25, 0.3) is 7.82 Å². The molecule has 0 saturated heterocycles. The summed E-state index contributed by atoms with van der Waals surface area (Å²) < 4.78 is 33.8. The summed E-state index contributed by atoms with van der Waals surface area (Å²) in [5.41, 5.74) is 0. The van der Waals surface area contributed by atoms with Crippen LogP contribution in [0.25, 0.3) is 0 Å². The minimum atomic E-state index is -4.64. The van der Waals surface area contributed by atoms with Gasteiger partial charge < -0.3 is 33.0 Å². The summed E-state index contributed by atoms with van der Waals surface area (Å²) >= 11 is 0. The Morgan fingerprint density at radius 1 is 0.673 bits per heavy atom. The largest absolute Gasteiger partial charge is 0.756 e. The fraction of sp³-hybridized carbons (Fsp3) is 0.773. The number of aliphatic hydroxyl groups excluding tert-OH is 1. The molecule has 0 aliphatic heterocycles. The van der Waals surface area contributed by atoms with Crippen LogP contribution >= 0.6 is 7.82 Å². The predicted molar refractivity (Wildman–Crippen MR) is 223 cm³/mol. The van der Waals surface area contributed by atoms with E-state index < -0.39 is 32.5 Å². The quantitative estimate of drug-likeness (QED) is 0.0162. The van der Waals surface area contributed by atoms with Gasteiger partial charge in [-0.2, -0.15) is 0 Å². The van der Waals surface area contributed by atoms with Gasteiger partial charge in [0.1, 0.15) is 19.8 Å². The van der Waals surface area contributed by atoms with E-state index in [1.165, 1.54) is 57.8 Å². The number of ether oxygens (including phenoxy) is 2. The summed E-state index contributed by atoms with van der Waals surface area (Å²) in [6, 6.07) is 0. The molecule has 0 aromatic carbocycles. The fourth-order valence-corrected chi connectivity index (χ4v) is 6.25. The standard InChI is InChI=1S/C44H80NO9P/c1-6-8-10-11-12-13-14-15-18-22-25-28-32-36-44(48)54-42(40-53-55(49,50)52-38-37-45(3,4)5)39-51-43(47)35-31-27-24-21-19-16-17-20-23-26-30-34-41(46)33-29-9-7-2/h16-17,21,23-24,26,30,34,41-42,46H,6-15,18-20,22,25,27-29,31-33,35-40H2,1-5H3/b17-16-,24-21-,26-23-,34-30+/t41-,42-/m1/s1. The van der Waals surface area contributed by atoms with Crippen LogP contribution in [0.5, 0.6) is 0 Å². The Balaban J connectivity index is 4.51. The normalized spacial score (nSPS) is 14.7. The number of carbonyl (C=O) groups excluding carboxylic acids is 2. The van der Waals surface area contributed by atoms with Crippen LogP contribution in [0.2, 0.25) is 0 Å². The van der Waals surface area contributed by atoms with Crippen molar-refractivity contribution in [3.05, 3.63) is 48.6 Å². The number of esters is 2. The zero-order valence-corrected chi connectivity index (χ0v) is 36.4. The van der Waals surface area contributed by atoms with Crippen molar-refractivity contribution in [2.75, 3.05) is 47.5 Å². The smallest absolute Gasteiger partial charge is 0.306 e. The molecule has 0 aliphatic carbocycles. The van der Waals surface area contributed by atoms with Crippen LogP contribution in [-0.4, -0.2) is 81.2 Å². The van der Waals surface area contributed by atoms with Crippen LogP contribution < -0.4 is 4.89 Å². The highest BCUT2D eigenvalue weighted by Gasteiger charge is 2.21. The molecule has 0 aliphatic rings. The second-order valence-electron chi connectivity index (χ2n) is 15.6. The van der Waals surface area contributed by atoms with Crippen molar-refractivity contribution in [1.29, 1.82) is 0 Å². The molecule has 0 rings (SSSR count). The summed E-state index contributed by atoms with van der Waals surface area (Å²) in [6.45, 7) is 4.01. The average Bonchev–Trinajstić information content (AvgIpc) is 3.12. The van der Waals surface area contributed by atoms with Crippen LogP contribution in [0.4, 0.5) is 0 Å². The lowest BCUT2D eigenvalue weighted by atomic mass is 10.0. The van der Waals surface area contributed by atoms with Gasteiger partial charge in [-0.05, 0) is 38.5 Å². The maximum atomic E-state index is 12.6. The van der Waals surface area contributed by atoms with Crippen molar-refractivity contribution >= 4 is 19.8 Å². The number of hydrogen-bond donors (Lipinski definition) is 1. The molecule has 0 radical (unpaired) electrons. The minimum Gasteiger partial charge on any atom is -0.756 e. The fourth-order valence-electron chi connectivity index (χ4n) is 5.52. The van der Waals surface area contributed by atoms with Crippen LogP contribution in [0.1, 0.15) is 162 Å². The molecule has 0 fully saturated rings. The number of nitrogens with zero attached hydrogens (tertiary/aromatic N) is 1. The van der Waals surface area contributed by atoms with Crippen molar-refractivity contribution in [1.82, 2.24) is 0 Å². The first-order valence-electron chi connectivity index (χ1n) is 21.5. The molecule has 0 bridgehead atoms. The number of aliphatic hydroxyl groups is 1. The van der Waals surface area contributed by atoms with Gasteiger partial charge in [0.2, 0.25) is 0 Å². The van der Waals surface area contributed by atoms with Gasteiger partial charge >= 0.3 is 11.9 Å². The van der Waals surface area contributed by atoms with Gasteiger partial charge in [0.15, 0.2) is 6.10 Å². The molecule has 0 amide bonds. The van der Waals surface area contributed by atoms with Crippen LogP contribution in [-0.2, 0) is 32.7 Å². The second-order valence-corrected chi connectivity index (χ2v) is 17.0. The topological polar surface area (TPSA) is 131 Å². The molecule has 1 N–H and O–H groups in total. The van der Waals surface area contributed by atoms with Gasteiger partial charge in [-0.25, -0.2) is 0 Å². The van der Waals surface area contributed by atoms with E-state index in [2.05, 4.69) is 26.0 Å². The molecule has 0 saturated carbocycles. The molecule has 3 atom stereocenters. The Hall–Kier alpha value is -2.07. The molecule has 11 heteroatoms. The van der Waals surface area contributed by atoms with Crippen LogP contribution in [0.3, 0.4) is 0 Å². The van der Waals surface area contributed by atoms with E-state index in [-0.39, 0.29) is 32.2 Å². The van der Waals surface area contributed by atoms with Crippen LogP contribution in [0, 0.1) is 0 Å². The van der Waals surface area contributed by atoms with Crippen molar-refractivity contribution in [2.24, 2.45) is 0 Å². The number of allylic oxidation sites excluding steroid dienone is 7. The van der Waals surface area contributed by atoms with E-state index >= 15 is 0 Å². The number of phosphoric acid groups is 1. The monoisotopic (exact) mass is 798 g/mol. The molecule has 0 aromatic heterocycles. The molecule has 320 valence electrons. The molecular formula is C44H80NO9P. The lowest BCUT2D eigenvalue weighted by Crippen LogP contribution is -2.37. The molecule has 1 unspecified atom stereocenters. The SMILES string of the molecule is CCCCCCCCCCCCCCCC(=O)O[C@H](COC(=O)CCC/C=C\C/C=C\C/C=C\C=C\[C@H](O)CCCCC)COP(=O)([O-])OCC[N+](C)(C)C. The van der Waals surface area contributed by atoms with Crippen molar-refractivity contribution in [3.63, 3.8) is 0 Å². The van der Waals surface area contributed by atoms with Crippen LogP contribution in [0.15, 0.2) is 48.6 Å². The highest BCUT2D eigenvalue weighted by molar-refractivity contribution is 7.45. The number of quaternary nitrogens is 1. The van der Waals surface area contributed by atoms with Gasteiger partial charge in [0, 0.05) is 12.8 Å². The van der Waals surface area contributed by atoms with Crippen molar-refractivity contribution in [3.8, 4) is 0 Å². The van der Waals surface area contributed by atoms with E-state index in [0.717, 1.165) is 57.8 Å². The Bertz CT molecular complexity index is 1100. The highest BCUT2D eigenvalue weighted by atomic mass is 31.2. The number of rotatable bonds is 38. The molecular weight excluding hydrogens is 717 g/mol. The van der Waals surface area contributed by atoms with E-state index in [1.54, 1.807) is 0 Å². The second kappa shape index (κ2) is 36.3. The maximum absolute atomic E-state index is 12.6. The maximum Gasteiger partial charge on any atom is 0.306 e. The van der Waals surface area contributed by atoms with E-state index in [4.69, 9.17) is 18.5 Å². The van der Waals surface area contributed by atoms with Gasteiger partial charge in [-0.1, -0.05) is 159 Å². The van der Waals surface area contributed by atoms with E-state index in [0.29, 0.717) is 30.3 Å².